The summed E-state index contributed by atoms with van der Waals surface area (Å²) in [5.74, 6) is 1.01. The molecule has 1 unspecified atom stereocenters. The SMILES string of the molecule is ON1CCSC(c2ccccc2)C1. The Hall–Kier alpha value is -0.510. The van der Waals surface area contributed by atoms with Gasteiger partial charge in [0.15, 0.2) is 0 Å². The molecule has 0 radical (unpaired) electrons. The highest BCUT2D eigenvalue weighted by Gasteiger charge is 2.19. The van der Waals surface area contributed by atoms with Crippen molar-refractivity contribution in [1.29, 1.82) is 0 Å². The summed E-state index contributed by atoms with van der Waals surface area (Å²) in [4.78, 5) is 0. The van der Waals surface area contributed by atoms with Crippen LogP contribution in [0.15, 0.2) is 30.3 Å². The molecule has 1 fully saturated rings. The van der Waals surface area contributed by atoms with Crippen LogP contribution < -0.4 is 0 Å². The fraction of sp³-hybridized carbons (Fsp3) is 0.400. The van der Waals surface area contributed by atoms with Gasteiger partial charge in [0, 0.05) is 24.1 Å². The van der Waals surface area contributed by atoms with Gasteiger partial charge in [-0.25, -0.2) is 0 Å². The third-order valence-electron chi connectivity index (χ3n) is 2.22. The van der Waals surface area contributed by atoms with Crippen LogP contribution in [0, 0.1) is 0 Å². The van der Waals surface area contributed by atoms with Gasteiger partial charge in [0.1, 0.15) is 0 Å². The molecule has 1 aliphatic rings. The normalized spacial score (nSPS) is 24.5. The number of benzene rings is 1. The maximum Gasteiger partial charge on any atom is 0.0448 e. The monoisotopic (exact) mass is 195 g/mol. The van der Waals surface area contributed by atoms with Gasteiger partial charge in [-0.1, -0.05) is 30.3 Å². The minimum Gasteiger partial charge on any atom is -0.314 e. The van der Waals surface area contributed by atoms with E-state index in [1.807, 2.05) is 30.0 Å². The van der Waals surface area contributed by atoms with Gasteiger partial charge >= 0.3 is 0 Å². The van der Waals surface area contributed by atoms with E-state index in [-0.39, 0.29) is 0 Å². The van der Waals surface area contributed by atoms with Crippen molar-refractivity contribution < 1.29 is 5.21 Å². The van der Waals surface area contributed by atoms with Gasteiger partial charge in [0.2, 0.25) is 0 Å². The molecule has 1 aliphatic heterocycles. The third-order valence-corrected chi connectivity index (χ3v) is 3.46. The van der Waals surface area contributed by atoms with Crippen LogP contribution in [-0.2, 0) is 0 Å². The second-order valence-corrected chi connectivity index (χ2v) is 4.49. The Kier molecular flexibility index (Phi) is 2.88. The van der Waals surface area contributed by atoms with Crippen LogP contribution in [0.5, 0.6) is 0 Å². The van der Waals surface area contributed by atoms with Gasteiger partial charge in [0.05, 0.1) is 0 Å². The molecule has 1 aromatic rings. The lowest BCUT2D eigenvalue weighted by Crippen LogP contribution is -2.31. The van der Waals surface area contributed by atoms with E-state index >= 15 is 0 Å². The zero-order valence-corrected chi connectivity index (χ0v) is 8.20. The second kappa shape index (κ2) is 4.13. The Morgan fingerprint density at radius 1 is 1.31 bits per heavy atom. The van der Waals surface area contributed by atoms with E-state index in [9.17, 15) is 5.21 Å². The number of rotatable bonds is 1. The Morgan fingerprint density at radius 2 is 2.08 bits per heavy atom. The molecule has 0 aliphatic carbocycles. The van der Waals surface area contributed by atoms with E-state index in [1.165, 1.54) is 10.6 Å². The fourth-order valence-corrected chi connectivity index (χ4v) is 2.73. The number of hydroxylamine groups is 2. The molecule has 1 saturated heterocycles. The van der Waals surface area contributed by atoms with Gasteiger partial charge in [-0.2, -0.15) is 16.8 Å². The third kappa shape index (κ3) is 2.24. The van der Waals surface area contributed by atoms with Crippen LogP contribution >= 0.6 is 11.8 Å². The Balaban J connectivity index is 2.08. The highest BCUT2D eigenvalue weighted by molar-refractivity contribution is 7.99. The zero-order valence-electron chi connectivity index (χ0n) is 7.39. The highest BCUT2D eigenvalue weighted by Crippen LogP contribution is 2.31. The minimum absolute atomic E-state index is 0.431. The molecule has 1 aromatic carbocycles. The first-order valence-corrected chi connectivity index (χ1v) is 5.51. The molecule has 13 heavy (non-hydrogen) atoms. The summed E-state index contributed by atoms with van der Waals surface area (Å²) in [6.07, 6.45) is 0. The van der Waals surface area contributed by atoms with E-state index in [4.69, 9.17) is 0 Å². The Morgan fingerprint density at radius 3 is 2.77 bits per heavy atom. The van der Waals surface area contributed by atoms with Crippen LogP contribution in [0.25, 0.3) is 0 Å². The lowest BCUT2D eigenvalue weighted by molar-refractivity contribution is -0.0873. The zero-order chi connectivity index (χ0) is 9.10. The van der Waals surface area contributed by atoms with E-state index < -0.39 is 0 Å². The number of hydrogen-bond donors (Lipinski definition) is 1. The molecule has 0 aromatic heterocycles. The van der Waals surface area contributed by atoms with Crippen LogP contribution in [0.3, 0.4) is 0 Å². The maximum atomic E-state index is 9.36. The summed E-state index contributed by atoms with van der Waals surface area (Å²) in [5.41, 5.74) is 1.31. The number of nitrogens with zero attached hydrogens (tertiary/aromatic N) is 1. The minimum atomic E-state index is 0.431. The lowest BCUT2D eigenvalue weighted by atomic mass is 10.1. The molecule has 70 valence electrons. The van der Waals surface area contributed by atoms with Crippen molar-refractivity contribution >= 4 is 11.8 Å². The summed E-state index contributed by atoms with van der Waals surface area (Å²) < 4.78 is 0. The van der Waals surface area contributed by atoms with Crippen molar-refractivity contribution in [2.75, 3.05) is 18.8 Å². The summed E-state index contributed by atoms with van der Waals surface area (Å²) in [6.45, 7) is 1.53. The Labute approximate surface area is 82.5 Å². The summed E-state index contributed by atoms with van der Waals surface area (Å²) in [6, 6.07) is 10.4. The topological polar surface area (TPSA) is 23.5 Å². The second-order valence-electron chi connectivity index (χ2n) is 3.18. The fourth-order valence-electron chi connectivity index (χ4n) is 1.51. The van der Waals surface area contributed by atoms with Crippen molar-refractivity contribution in [1.82, 2.24) is 5.06 Å². The predicted octanol–water partition coefficient (Wildman–Crippen LogP) is 2.17. The van der Waals surface area contributed by atoms with Gasteiger partial charge in [-0.3, -0.25) is 0 Å². The number of thioether (sulfide) groups is 1. The van der Waals surface area contributed by atoms with E-state index in [0.29, 0.717) is 5.25 Å². The molecule has 0 saturated carbocycles. The van der Waals surface area contributed by atoms with Crippen molar-refractivity contribution in [2.24, 2.45) is 0 Å². The largest absolute Gasteiger partial charge is 0.314 e. The molecule has 1 heterocycles. The van der Waals surface area contributed by atoms with Crippen molar-refractivity contribution in [3.63, 3.8) is 0 Å². The van der Waals surface area contributed by atoms with E-state index in [2.05, 4.69) is 12.1 Å². The highest BCUT2D eigenvalue weighted by atomic mass is 32.2. The quantitative estimate of drug-likeness (QED) is 0.743. The molecular formula is C10H13NOS. The summed E-state index contributed by atoms with van der Waals surface area (Å²) in [7, 11) is 0. The number of hydrogen-bond acceptors (Lipinski definition) is 3. The first kappa shape index (κ1) is 9.06. The molecule has 1 N–H and O–H groups in total. The van der Waals surface area contributed by atoms with Crippen LogP contribution in [0.2, 0.25) is 0 Å². The van der Waals surface area contributed by atoms with Crippen LogP contribution in [0.4, 0.5) is 0 Å². The van der Waals surface area contributed by atoms with Crippen LogP contribution in [-0.4, -0.2) is 29.1 Å². The average Bonchev–Trinajstić information content (AvgIpc) is 2.19. The molecule has 2 rings (SSSR count). The van der Waals surface area contributed by atoms with Gasteiger partial charge in [-0.05, 0) is 5.56 Å². The van der Waals surface area contributed by atoms with Gasteiger partial charge in [0.25, 0.3) is 0 Å². The molecule has 0 spiro atoms. The standard InChI is InChI=1S/C10H13NOS/c12-11-6-7-13-10(8-11)9-4-2-1-3-5-9/h1-5,10,12H,6-8H2. The maximum absolute atomic E-state index is 9.36. The summed E-state index contributed by atoms with van der Waals surface area (Å²) in [5, 5.41) is 11.2. The van der Waals surface area contributed by atoms with Crippen molar-refractivity contribution in [3.8, 4) is 0 Å². The lowest BCUT2D eigenvalue weighted by Gasteiger charge is -2.27. The molecule has 1 atom stereocenters. The molecule has 0 amide bonds. The molecule has 0 bridgehead atoms. The van der Waals surface area contributed by atoms with Gasteiger partial charge in [-0.15, -0.1) is 0 Å². The molecule has 3 heteroatoms. The van der Waals surface area contributed by atoms with Crippen LogP contribution in [0.1, 0.15) is 10.8 Å². The molecule has 2 nitrogen and oxygen atoms in total. The van der Waals surface area contributed by atoms with Crippen molar-refractivity contribution in [3.05, 3.63) is 35.9 Å². The smallest absolute Gasteiger partial charge is 0.0448 e. The predicted molar refractivity (Wildman–Crippen MR) is 55.0 cm³/mol. The van der Waals surface area contributed by atoms with Gasteiger partial charge < -0.3 is 5.21 Å². The summed E-state index contributed by atoms with van der Waals surface area (Å²) >= 11 is 1.92. The Bertz CT molecular complexity index is 265. The molecular weight excluding hydrogens is 182 g/mol. The first-order valence-electron chi connectivity index (χ1n) is 4.46. The van der Waals surface area contributed by atoms with Crippen molar-refractivity contribution in [2.45, 2.75) is 5.25 Å². The average molecular weight is 195 g/mol. The first-order chi connectivity index (χ1) is 6.36. The van der Waals surface area contributed by atoms with E-state index in [0.717, 1.165) is 18.8 Å². The van der Waals surface area contributed by atoms with E-state index in [1.54, 1.807) is 0 Å².